The fourth-order valence-corrected chi connectivity index (χ4v) is 4.93. The monoisotopic (exact) mass is 533 g/mol. The van der Waals surface area contributed by atoms with Crippen molar-refractivity contribution in [2.75, 3.05) is 0 Å². The molecule has 0 bridgehead atoms. The molecule has 0 saturated heterocycles. The van der Waals surface area contributed by atoms with Gasteiger partial charge in [0.25, 0.3) is 0 Å². The van der Waals surface area contributed by atoms with Crippen molar-refractivity contribution in [1.82, 2.24) is 35.2 Å². The van der Waals surface area contributed by atoms with E-state index in [0.29, 0.717) is 23.3 Å². The van der Waals surface area contributed by atoms with Crippen molar-refractivity contribution in [2.45, 2.75) is 19.9 Å². The maximum atomic E-state index is 6.26. The van der Waals surface area contributed by atoms with Crippen LogP contribution in [0.3, 0.4) is 0 Å². The molecule has 6 aromatic rings. The molecule has 0 fully saturated rings. The summed E-state index contributed by atoms with van der Waals surface area (Å²) in [6.45, 7) is 2.71. The first kappa shape index (κ1) is 21.0. The van der Waals surface area contributed by atoms with E-state index in [2.05, 4.69) is 65.2 Å². The van der Waals surface area contributed by atoms with Gasteiger partial charge < -0.3 is 8.98 Å². The van der Waals surface area contributed by atoms with Crippen molar-refractivity contribution in [3.05, 3.63) is 75.6 Å². The summed E-state index contributed by atoms with van der Waals surface area (Å²) in [5.74, 6) is 2.18. The van der Waals surface area contributed by atoms with Crippen molar-refractivity contribution in [2.24, 2.45) is 0 Å². The zero-order valence-electron chi connectivity index (χ0n) is 18.0. The second kappa shape index (κ2) is 8.34. The van der Waals surface area contributed by atoms with E-state index in [1.807, 2.05) is 36.4 Å². The Labute approximate surface area is 207 Å². The lowest BCUT2D eigenvalue weighted by Gasteiger charge is -2.08. The van der Waals surface area contributed by atoms with Gasteiger partial charge in [-0.15, -0.1) is 10.2 Å². The largest absolute Gasteiger partial charge is 0.455 e. The van der Waals surface area contributed by atoms with Crippen molar-refractivity contribution in [3.63, 3.8) is 0 Å². The number of imidazole rings is 1. The van der Waals surface area contributed by atoms with Crippen LogP contribution in [0.15, 0.2) is 63.5 Å². The van der Waals surface area contributed by atoms with Crippen LogP contribution in [0.25, 0.3) is 44.8 Å². The Hall–Kier alpha value is -3.56. The summed E-state index contributed by atoms with van der Waals surface area (Å²) < 4.78 is 9.24. The van der Waals surface area contributed by atoms with Crippen molar-refractivity contribution in [1.29, 1.82) is 0 Å². The van der Waals surface area contributed by atoms with Crippen LogP contribution in [0, 0.1) is 0 Å². The summed E-state index contributed by atoms with van der Waals surface area (Å²) in [6, 6.07) is 17.7. The molecule has 0 aliphatic heterocycles. The molecule has 10 heteroatoms. The Bertz CT molecular complexity index is 1660. The molecule has 0 atom stereocenters. The zero-order valence-corrected chi connectivity index (χ0v) is 20.3. The van der Waals surface area contributed by atoms with E-state index in [-0.39, 0.29) is 0 Å². The van der Waals surface area contributed by atoms with Crippen molar-refractivity contribution >= 4 is 49.7 Å². The van der Waals surface area contributed by atoms with Crippen LogP contribution in [0.2, 0.25) is 5.15 Å². The molecular weight excluding hydrogens is 518 g/mol. The maximum Gasteiger partial charge on any atom is 0.205 e. The summed E-state index contributed by atoms with van der Waals surface area (Å²) in [5.41, 5.74) is 5.21. The smallest absolute Gasteiger partial charge is 0.205 e. The Morgan fingerprint density at radius 1 is 1.06 bits per heavy atom. The Kier molecular flexibility index (Phi) is 5.15. The van der Waals surface area contributed by atoms with Gasteiger partial charge in [-0.2, -0.15) is 5.21 Å². The third-order valence-electron chi connectivity index (χ3n) is 5.74. The van der Waals surface area contributed by atoms with Gasteiger partial charge in [0.2, 0.25) is 5.82 Å². The minimum absolute atomic E-state index is 0.453. The molecule has 4 aromatic heterocycles. The van der Waals surface area contributed by atoms with E-state index in [9.17, 15) is 0 Å². The first-order valence-electron chi connectivity index (χ1n) is 10.7. The average molecular weight is 535 g/mol. The Balaban J connectivity index is 1.44. The number of aromatic nitrogens is 7. The van der Waals surface area contributed by atoms with Gasteiger partial charge >= 0.3 is 0 Å². The minimum Gasteiger partial charge on any atom is -0.455 e. The lowest BCUT2D eigenvalue weighted by atomic mass is 10.0. The van der Waals surface area contributed by atoms with Gasteiger partial charge in [-0.05, 0) is 51.0 Å². The molecule has 0 radical (unpaired) electrons. The lowest BCUT2D eigenvalue weighted by Crippen LogP contribution is -2.05. The molecular formula is C24H17BrClN7O. The zero-order chi connectivity index (χ0) is 23.2. The van der Waals surface area contributed by atoms with Crippen molar-refractivity contribution in [3.8, 4) is 22.7 Å². The molecule has 0 saturated carbocycles. The van der Waals surface area contributed by atoms with Gasteiger partial charge in [0.15, 0.2) is 5.65 Å². The molecule has 0 amide bonds. The number of H-pyrrole nitrogens is 1. The standard InChI is InChI=1S/C24H17BrClN7O/c1-2-20-27-17-8-10-19(26)28-24(17)33(20)12-13-7-9-18-16(11-13)21(25)22(34-18)14-5-3-4-6-15(14)23-29-31-32-30-23/h3-11H,2,12H2,1H3,(H,29,30,31,32). The number of aryl methyl sites for hydroxylation is 1. The van der Waals surface area contributed by atoms with Crippen LogP contribution in [0.1, 0.15) is 18.3 Å². The van der Waals surface area contributed by atoms with Gasteiger partial charge in [-0.25, -0.2) is 9.97 Å². The number of nitrogens with one attached hydrogen (secondary N) is 1. The fraction of sp³-hybridized carbons (Fsp3) is 0.125. The topological polar surface area (TPSA) is 98.3 Å². The third kappa shape index (κ3) is 3.48. The summed E-state index contributed by atoms with van der Waals surface area (Å²) in [6.07, 6.45) is 0.794. The number of hydrogen-bond donors (Lipinski definition) is 1. The predicted molar refractivity (Wildman–Crippen MR) is 134 cm³/mol. The van der Waals surface area contributed by atoms with Crippen LogP contribution in [0.4, 0.5) is 0 Å². The summed E-state index contributed by atoms with van der Waals surface area (Å²) in [7, 11) is 0. The molecule has 6 rings (SSSR count). The molecule has 0 aliphatic rings. The number of tetrazole rings is 1. The Morgan fingerprint density at radius 3 is 2.71 bits per heavy atom. The molecule has 4 heterocycles. The van der Waals surface area contributed by atoms with Gasteiger partial charge in [0, 0.05) is 22.9 Å². The highest BCUT2D eigenvalue weighted by Crippen LogP contribution is 2.41. The molecule has 0 spiro atoms. The second-order valence-corrected chi connectivity index (χ2v) is 8.98. The quantitative estimate of drug-likeness (QED) is 0.270. The van der Waals surface area contributed by atoms with E-state index < -0.39 is 0 Å². The number of fused-ring (bicyclic) bond motifs is 2. The molecule has 168 valence electrons. The fourth-order valence-electron chi connectivity index (χ4n) is 4.18. The van der Waals surface area contributed by atoms with Crippen LogP contribution < -0.4 is 0 Å². The van der Waals surface area contributed by atoms with Gasteiger partial charge in [0.05, 0.1) is 11.0 Å². The number of halogens is 2. The summed E-state index contributed by atoms with van der Waals surface area (Å²) in [5, 5.41) is 15.9. The summed E-state index contributed by atoms with van der Waals surface area (Å²) in [4.78, 5) is 9.24. The van der Waals surface area contributed by atoms with Crippen LogP contribution in [-0.4, -0.2) is 35.2 Å². The van der Waals surface area contributed by atoms with E-state index in [4.69, 9.17) is 21.0 Å². The maximum absolute atomic E-state index is 6.26. The first-order valence-corrected chi connectivity index (χ1v) is 11.8. The number of nitrogens with zero attached hydrogens (tertiary/aromatic N) is 6. The second-order valence-electron chi connectivity index (χ2n) is 7.80. The molecule has 0 unspecified atom stereocenters. The first-order chi connectivity index (χ1) is 16.6. The lowest BCUT2D eigenvalue weighted by molar-refractivity contribution is 0.629. The predicted octanol–water partition coefficient (Wildman–Crippen LogP) is 6.05. The van der Waals surface area contributed by atoms with E-state index in [1.54, 1.807) is 6.07 Å². The third-order valence-corrected chi connectivity index (χ3v) is 6.74. The van der Waals surface area contributed by atoms with E-state index in [0.717, 1.165) is 55.5 Å². The summed E-state index contributed by atoms with van der Waals surface area (Å²) >= 11 is 9.94. The number of hydrogen-bond acceptors (Lipinski definition) is 6. The van der Waals surface area contributed by atoms with Crippen LogP contribution >= 0.6 is 27.5 Å². The molecule has 2 aromatic carbocycles. The number of furan rings is 1. The van der Waals surface area contributed by atoms with Gasteiger partial charge in [-0.1, -0.05) is 48.9 Å². The van der Waals surface area contributed by atoms with Gasteiger partial charge in [-0.3, -0.25) is 0 Å². The SMILES string of the molecule is CCc1nc2ccc(Cl)nc2n1Cc1ccc2oc(-c3ccccc3-c3nn[nH]n3)c(Br)c2c1. The highest BCUT2D eigenvalue weighted by Gasteiger charge is 2.20. The molecule has 0 aliphatic carbocycles. The molecule has 34 heavy (non-hydrogen) atoms. The molecule has 8 nitrogen and oxygen atoms in total. The normalized spacial score (nSPS) is 11.6. The van der Waals surface area contributed by atoms with Crippen LogP contribution in [0.5, 0.6) is 0 Å². The van der Waals surface area contributed by atoms with Gasteiger partial charge in [0.1, 0.15) is 27.8 Å². The number of benzene rings is 2. The van der Waals surface area contributed by atoms with E-state index in [1.165, 1.54) is 0 Å². The average Bonchev–Trinajstić information content (AvgIpc) is 3.58. The number of rotatable bonds is 5. The number of pyridine rings is 1. The van der Waals surface area contributed by atoms with E-state index >= 15 is 0 Å². The molecule has 1 N–H and O–H groups in total. The minimum atomic E-state index is 0.453. The van der Waals surface area contributed by atoms with Crippen LogP contribution in [-0.2, 0) is 13.0 Å². The Morgan fingerprint density at radius 2 is 1.91 bits per heavy atom. The highest BCUT2D eigenvalue weighted by molar-refractivity contribution is 9.10. The van der Waals surface area contributed by atoms with Crippen molar-refractivity contribution < 1.29 is 4.42 Å². The highest BCUT2D eigenvalue weighted by atomic mass is 79.9. The number of aromatic amines is 1.